The summed E-state index contributed by atoms with van der Waals surface area (Å²) in [6, 6.07) is 22.1. The van der Waals surface area contributed by atoms with E-state index in [-0.39, 0.29) is 5.41 Å². The van der Waals surface area contributed by atoms with Gasteiger partial charge in [0.05, 0.1) is 0 Å². The molecule has 0 atom stereocenters. The first-order chi connectivity index (χ1) is 18.6. The van der Waals surface area contributed by atoms with E-state index in [2.05, 4.69) is 92.5 Å². The summed E-state index contributed by atoms with van der Waals surface area (Å²) in [5.41, 5.74) is 9.60. The van der Waals surface area contributed by atoms with E-state index >= 15 is 0 Å². The molecule has 186 valence electrons. The lowest BCUT2D eigenvalue weighted by Crippen LogP contribution is -2.55. The summed E-state index contributed by atoms with van der Waals surface area (Å²) in [5.74, 6) is 3.08. The van der Waals surface area contributed by atoms with Crippen LogP contribution in [0.4, 0.5) is 0 Å². The summed E-state index contributed by atoms with van der Waals surface area (Å²) in [6.07, 6.45) is 6.79. The Kier molecular flexibility index (Phi) is 3.89. The first-order valence-electron chi connectivity index (χ1n) is 13.9. The van der Waals surface area contributed by atoms with Crippen LogP contribution < -0.4 is 0 Å². The van der Waals surface area contributed by atoms with Crippen molar-refractivity contribution in [2.45, 2.75) is 37.5 Å². The van der Waals surface area contributed by atoms with Crippen molar-refractivity contribution in [2.75, 3.05) is 0 Å². The van der Waals surface area contributed by atoms with E-state index in [9.17, 15) is 0 Å². The van der Waals surface area contributed by atoms with Gasteiger partial charge in [0.15, 0.2) is 0 Å². The minimum atomic E-state index is -0.0155. The third-order valence-electron chi connectivity index (χ3n) is 10.8. The van der Waals surface area contributed by atoms with Crippen LogP contribution in [-0.4, -0.2) is 0 Å². The summed E-state index contributed by atoms with van der Waals surface area (Å²) in [5, 5.41) is 4.82. The first-order valence-corrected chi connectivity index (χ1v) is 15.5. The molecule has 4 heteroatoms. The Bertz CT molecular complexity index is 2000. The van der Waals surface area contributed by atoms with E-state index in [1.54, 1.807) is 0 Å². The van der Waals surface area contributed by atoms with Gasteiger partial charge in [-0.1, -0.05) is 56.1 Å². The van der Waals surface area contributed by atoms with Crippen LogP contribution in [0.3, 0.4) is 0 Å². The fourth-order valence-corrected chi connectivity index (χ4v) is 10.8. The van der Waals surface area contributed by atoms with Gasteiger partial charge < -0.3 is 8.83 Å². The Hall–Kier alpha value is -2.56. The van der Waals surface area contributed by atoms with Gasteiger partial charge >= 0.3 is 0 Å². The zero-order valence-corrected chi connectivity index (χ0v) is 23.9. The Labute approximate surface area is 236 Å². The predicted molar refractivity (Wildman–Crippen MR) is 160 cm³/mol. The zero-order chi connectivity index (χ0) is 24.9. The average molecular weight is 624 g/mol. The predicted octanol–water partition coefficient (Wildman–Crippen LogP) is 10.7. The van der Waals surface area contributed by atoms with Crippen molar-refractivity contribution >= 4 is 75.7 Å². The van der Waals surface area contributed by atoms with Gasteiger partial charge in [-0.3, -0.25) is 0 Å². The van der Waals surface area contributed by atoms with Crippen molar-refractivity contribution in [1.29, 1.82) is 0 Å². The fraction of sp³-hybridized carbons (Fsp3) is 0.294. The lowest BCUT2D eigenvalue weighted by Gasteiger charge is -2.61. The second-order valence-corrected chi connectivity index (χ2v) is 14.1. The Morgan fingerprint density at radius 1 is 0.684 bits per heavy atom. The minimum absolute atomic E-state index is 0.0155. The molecule has 5 aliphatic rings. The quantitative estimate of drug-likeness (QED) is 0.168. The molecule has 11 rings (SSSR count). The second-order valence-electron chi connectivity index (χ2n) is 12.4. The third kappa shape index (κ3) is 2.35. The van der Waals surface area contributed by atoms with Gasteiger partial charge in [-0.25, -0.2) is 0 Å². The summed E-state index contributed by atoms with van der Waals surface area (Å²) in [7, 11) is 0. The topological polar surface area (TPSA) is 26.3 Å². The van der Waals surface area contributed by atoms with Crippen LogP contribution in [0.15, 0.2) is 78.4 Å². The molecule has 0 saturated heterocycles. The number of hydrogen-bond donors (Lipinski definition) is 0. The molecule has 4 aromatic carbocycles. The molecule has 0 amide bonds. The van der Waals surface area contributed by atoms with Crippen molar-refractivity contribution in [3.63, 3.8) is 0 Å². The molecule has 1 spiro atoms. The fourth-order valence-electron chi connectivity index (χ4n) is 9.79. The number of benzene rings is 4. The highest BCUT2D eigenvalue weighted by Gasteiger charge is 2.63. The van der Waals surface area contributed by atoms with Gasteiger partial charge in [-0.15, -0.1) is 0 Å². The van der Waals surface area contributed by atoms with E-state index in [4.69, 9.17) is 8.83 Å². The highest BCUT2D eigenvalue weighted by molar-refractivity contribution is 9.11. The monoisotopic (exact) mass is 622 g/mol. The van der Waals surface area contributed by atoms with E-state index in [0.29, 0.717) is 11.8 Å². The number of para-hydroxylation sites is 1. The Balaban J connectivity index is 1.41. The van der Waals surface area contributed by atoms with Gasteiger partial charge in [0.25, 0.3) is 0 Å². The molecular weight excluding hydrogens is 600 g/mol. The van der Waals surface area contributed by atoms with Crippen LogP contribution in [0.1, 0.15) is 43.2 Å². The molecular formula is C34H24Br2O2. The smallest absolute Gasteiger partial charge is 0.144 e. The molecule has 6 aromatic rings. The molecule has 2 heterocycles. The molecule has 38 heavy (non-hydrogen) atoms. The van der Waals surface area contributed by atoms with Crippen LogP contribution in [0.5, 0.6) is 0 Å². The molecule has 0 radical (unpaired) electrons. The largest absolute Gasteiger partial charge is 0.456 e. The van der Waals surface area contributed by atoms with Crippen molar-refractivity contribution < 1.29 is 8.83 Å². The van der Waals surface area contributed by atoms with Crippen molar-refractivity contribution in [3.8, 4) is 11.1 Å². The maximum Gasteiger partial charge on any atom is 0.144 e. The SMILES string of the molecule is Brc1ccc2c(c1)oc1c3c(ccc12)-c1c(cc(Br)c2c1oc1ccccc12)C31C2CC3CC(C2)CC1C3. The molecule has 2 nitrogen and oxygen atoms in total. The van der Waals surface area contributed by atoms with Crippen LogP contribution >= 0.6 is 31.9 Å². The summed E-state index contributed by atoms with van der Waals surface area (Å²) < 4.78 is 15.8. The minimum Gasteiger partial charge on any atom is -0.456 e. The van der Waals surface area contributed by atoms with Crippen LogP contribution in [0, 0.1) is 23.7 Å². The summed E-state index contributed by atoms with van der Waals surface area (Å²) in [6.45, 7) is 0. The third-order valence-corrected chi connectivity index (χ3v) is 11.9. The van der Waals surface area contributed by atoms with E-state index in [0.717, 1.165) is 43.1 Å². The summed E-state index contributed by atoms with van der Waals surface area (Å²) in [4.78, 5) is 0. The zero-order valence-electron chi connectivity index (χ0n) is 20.7. The average Bonchev–Trinajstić information content (AvgIpc) is 3.55. The van der Waals surface area contributed by atoms with Crippen molar-refractivity contribution in [3.05, 3.63) is 80.7 Å². The Morgan fingerprint density at radius 2 is 1.42 bits per heavy atom. The first kappa shape index (κ1) is 21.3. The normalized spacial score (nSPS) is 28.9. The molecule has 0 N–H and O–H groups in total. The number of hydrogen-bond acceptors (Lipinski definition) is 2. The van der Waals surface area contributed by atoms with E-state index in [1.807, 2.05) is 0 Å². The van der Waals surface area contributed by atoms with Crippen molar-refractivity contribution in [1.82, 2.24) is 0 Å². The number of rotatable bonds is 0. The highest BCUT2D eigenvalue weighted by Crippen LogP contribution is 2.71. The highest BCUT2D eigenvalue weighted by atomic mass is 79.9. The van der Waals surface area contributed by atoms with Gasteiger partial charge in [-0.2, -0.15) is 0 Å². The molecule has 0 aliphatic heterocycles. The van der Waals surface area contributed by atoms with Crippen LogP contribution in [0.2, 0.25) is 0 Å². The standard InChI is InChI=1S/C34H24Br2O2/c35-20-5-6-21-22-7-8-24-29-25(15-26(36)30-23-3-1-2-4-27(23)37-33(29)30)34(31(24)32(22)38-28(21)14-20)18-10-16-9-17(12-18)13-19(34)11-16/h1-8,14-19H,9-13H2. The molecule has 5 aliphatic carbocycles. The van der Waals surface area contributed by atoms with Gasteiger partial charge in [0, 0.05) is 47.0 Å². The molecule has 2 aromatic heterocycles. The van der Waals surface area contributed by atoms with E-state index in [1.165, 1.54) is 75.9 Å². The number of fused-ring (bicyclic) bond motifs is 11. The second kappa shape index (κ2) is 6.95. The summed E-state index contributed by atoms with van der Waals surface area (Å²) >= 11 is 7.71. The lowest BCUT2D eigenvalue weighted by molar-refractivity contribution is -0.0396. The van der Waals surface area contributed by atoms with E-state index < -0.39 is 0 Å². The maximum absolute atomic E-state index is 6.87. The molecule has 4 fully saturated rings. The van der Waals surface area contributed by atoms with Crippen molar-refractivity contribution in [2.24, 2.45) is 23.7 Å². The van der Waals surface area contributed by atoms with Gasteiger partial charge in [0.1, 0.15) is 22.3 Å². The lowest BCUT2D eigenvalue weighted by atomic mass is 9.43. The van der Waals surface area contributed by atoms with Crippen LogP contribution in [-0.2, 0) is 5.41 Å². The molecule has 4 bridgehead atoms. The maximum atomic E-state index is 6.87. The molecule has 4 saturated carbocycles. The van der Waals surface area contributed by atoms with Gasteiger partial charge in [-0.05, 0) is 103 Å². The number of halogens is 2. The Morgan fingerprint density at radius 3 is 2.24 bits per heavy atom. The number of furan rings is 2. The molecule has 0 unspecified atom stereocenters. The van der Waals surface area contributed by atoms with Crippen LogP contribution in [0.25, 0.3) is 55.0 Å². The van der Waals surface area contributed by atoms with Gasteiger partial charge in [0.2, 0.25) is 0 Å².